The van der Waals surface area contributed by atoms with Crippen LogP contribution in [-0.4, -0.2) is 48.2 Å². The van der Waals surface area contributed by atoms with Crippen molar-refractivity contribution in [1.82, 2.24) is 10.2 Å². The fraction of sp³-hybridized carbons (Fsp3) is 0.923. The molecule has 100 valence electrons. The summed E-state index contributed by atoms with van der Waals surface area (Å²) in [6.45, 7) is 8.47. The van der Waals surface area contributed by atoms with Crippen molar-refractivity contribution in [3.05, 3.63) is 0 Å². The van der Waals surface area contributed by atoms with Crippen LogP contribution in [0.5, 0.6) is 0 Å². The molecule has 4 nitrogen and oxygen atoms in total. The summed E-state index contributed by atoms with van der Waals surface area (Å²) in [4.78, 5) is 14.2. The quantitative estimate of drug-likeness (QED) is 0.756. The van der Waals surface area contributed by atoms with Crippen LogP contribution in [0.1, 0.15) is 40.0 Å². The van der Waals surface area contributed by atoms with Crippen LogP contribution < -0.4 is 5.32 Å². The molecular weight excluding hydrogens is 216 g/mol. The van der Waals surface area contributed by atoms with E-state index in [9.17, 15) is 4.79 Å². The Hall–Kier alpha value is -0.610. The molecule has 1 fully saturated rings. The second-order valence-electron chi connectivity index (χ2n) is 5.53. The highest BCUT2D eigenvalue weighted by Crippen LogP contribution is 2.31. The van der Waals surface area contributed by atoms with Gasteiger partial charge in [-0.1, -0.05) is 20.8 Å². The van der Waals surface area contributed by atoms with Gasteiger partial charge < -0.3 is 15.3 Å². The van der Waals surface area contributed by atoms with Gasteiger partial charge in [0.15, 0.2) is 0 Å². The molecule has 2 N–H and O–H groups in total. The molecule has 0 aliphatic carbocycles. The van der Waals surface area contributed by atoms with Crippen LogP contribution in [-0.2, 0) is 4.79 Å². The van der Waals surface area contributed by atoms with Crippen molar-refractivity contribution in [3.8, 4) is 0 Å². The number of nitrogens with zero attached hydrogens (tertiary/aromatic N) is 1. The summed E-state index contributed by atoms with van der Waals surface area (Å²) in [6, 6.07) is -0.102. The molecule has 4 heteroatoms. The van der Waals surface area contributed by atoms with Gasteiger partial charge >= 0.3 is 0 Å². The molecule has 0 aromatic heterocycles. The zero-order valence-electron chi connectivity index (χ0n) is 11.3. The van der Waals surface area contributed by atoms with Crippen molar-refractivity contribution in [2.75, 3.05) is 26.2 Å². The maximum Gasteiger partial charge on any atom is 0.240 e. The van der Waals surface area contributed by atoms with Crippen molar-refractivity contribution < 1.29 is 9.90 Å². The van der Waals surface area contributed by atoms with Crippen LogP contribution in [0, 0.1) is 5.41 Å². The Balaban J connectivity index is 2.70. The van der Waals surface area contributed by atoms with Gasteiger partial charge in [-0.2, -0.15) is 0 Å². The summed E-state index contributed by atoms with van der Waals surface area (Å²) < 4.78 is 0. The zero-order valence-corrected chi connectivity index (χ0v) is 11.3. The monoisotopic (exact) mass is 242 g/mol. The average molecular weight is 242 g/mol. The van der Waals surface area contributed by atoms with Gasteiger partial charge in [0.1, 0.15) is 0 Å². The predicted molar refractivity (Wildman–Crippen MR) is 68.8 cm³/mol. The maximum absolute atomic E-state index is 12.4. The largest absolute Gasteiger partial charge is 0.395 e. The molecular formula is C13H26N2O2. The summed E-state index contributed by atoms with van der Waals surface area (Å²) in [6.07, 6.45) is 3.14. The highest BCUT2D eigenvalue weighted by Gasteiger charge is 2.38. The molecule has 1 aliphatic rings. The number of carbonyl (C=O) groups is 1. The number of rotatable bonds is 5. The van der Waals surface area contributed by atoms with E-state index in [-0.39, 0.29) is 24.0 Å². The van der Waals surface area contributed by atoms with Crippen LogP contribution in [0.2, 0.25) is 0 Å². The Morgan fingerprint density at radius 3 is 2.71 bits per heavy atom. The minimum Gasteiger partial charge on any atom is -0.395 e. The first-order valence-electron chi connectivity index (χ1n) is 6.66. The number of amides is 1. The smallest absolute Gasteiger partial charge is 0.240 e. The van der Waals surface area contributed by atoms with Gasteiger partial charge in [-0.3, -0.25) is 4.79 Å². The van der Waals surface area contributed by atoms with E-state index in [0.717, 1.165) is 32.4 Å². The molecule has 17 heavy (non-hydrogen) atoms. The summed E-state index contributed by atoms with van der Waals surface area (Å²) in [5.74, 6) is 0.144. The lowest BCUT2D eigenvalue weighted by molar-refractivity contribution is -0.138. The van der Waals surface area contributed by atoms with Crippen molar-refractivity contribution >= 4 is 5.91 Å². The van der Waals surface area contributed by atoms with Crippen molar-refractivity contribution in [1.29, 1.82) is 0 Å². The molecule has 1 heterocycles. The van der Waals surface area contributed by atoms with Gasteiger partial charge in [0.05, 0.1) is 12.6 Å². The first-order chi connectivity index (χ1) is 8.03. The van der Waals surface area contributed by atoms with Gasteiger partial charge in [0, 0.05) is 13.1 Å². The Bertz CT molecular complexity index is 248. The van der Waals surface area contributed by atoms with Crippen LogP contribution >= 0.6 is 0 Å². The van der Waals surface area contributed by atoms with E-state index in [1.165, 1.54) is 0 Å². The lowest BCUT2D eigenvalue weighted by atomic mass is 9.77. The van der Waals surface area contributed by atoms with Gasteiger partial charge in [-0.25, -0.2) is 0 Å². The third kappa shape index (κ3) is 3.68. The summed E-state index contributed by atoms with van der Waals surface area (Å²) in [5, 5.41) is 12.4. The molecule has 1 unspecified atom stereocenters. The predicted octanol–water partition coefficient (Wildman–Crippen LogP) is 0.995. The molecule has 1 saturated heterocycles. The van der Waals surface area contributed by atoms with Gasteiger partial charge in [-0.05, 0) is 31.2 Å². The standard InChI is InChI=1S/C13H26N2O2/c1-4-8-15(9-10-16)12(17)11-13(2,3)6-5-7-14-11/h11,14,16H,4-10H2,1-3H3. The van der Waals surface area contributed by atoms with Gasteiger partial charge in [0.2, 0.25) is 5.91 Å². The van der Waals surface area contributed by atoms with E-state index < -0.39 is 0 Å². The van der Waals surface area contributed by atoms with Crippen molar-refractivity contribution in [2.45, 2.75) is 46.1 Å². The van der Waals surface area contributed by atoms with Crippen LogP contribution in [0.4, 0.5) is 0 Å². The molecule has 0 aromatic rings. The second-order valence-corrected chi connectivity index (χ2v) is 5.53. The SMILES string of the molecule is CCCN(CCO)C(=O)C1NCCCC1(C)C. The van der Waals surface area contributed by atoms with E-state index in [1.807, 2.05) is 0 Å². The van der Waals surface area contributed by atoms with E-state index >= 15 is 0 Å². The Morgan fingerprint density at radius 1 is 1.47 bits per heavy atom. The zero-order chi connectivity index (χ0) is 12.9. The van der Waals surface area contributed by atoms with E-state index in [0.29, 0.717) is 6.54 Å². The van der Waals surface area contributed by atoms with Crippen LogP contribution in [0.3, 0.4) is 0 Å². The third-order valence-electron chi connectivity index (χ3n) is 3.55. The summed E-state index contributed by atoms with van der Waals surface area (Å²) in [7, 11) is 0. The third-order valence-corrected chi connectivity index (χ3v) is 3.55. The lowest BCUT2D eigenvalue weighted by Crippen LogP contribution is -2.57. The fourth-order valence-corrected chi connectivity index (χ4v) is 2.54. The highest BCUT2D eigenvalue weighted by atomic mass is 16.3. The summed E-state index contributed by atoms with van der Waals surface area (Å²) in [5.41, 5.74) is 0.0107. The summed E-state index contributed by atoms with van der Waals surface area (Å²) >= 11 is 0. The number of piperidine rings is 1. The molecule has 0 aromatic carbocycles. The first kappa shape index (κ1) is 14.5. The lowest BCUT2D eigenvalue weighted by Gasteiger charge is -2.40. The van der Waals surface area contributed by atoms with Crippen LogP contribution in [0.15, 0.2) is 0 Å². The number of hydrogen-bond acceptors (Lipinski definition) is 3. The Morgan fingerprint density at radius 2 is 2.18 bits per heavy atom. The number of aliphatic hydroxyl groups excluding tert-OH is 1. The Labute approximate surface area is 104 Å². The van der Waals surface area contributed by atoms with E-state index in [1.54, 1.807) is 4.90 Å². The minimum atomic E-state index is -0.102. The van der Waals surface area contributed by atoms with Gasteiger partial charge in [0.25, 0.3) is 0 Å². The molecule has 1 atom stereocenters. The number of hydrogen-bond donors (Lipinski definition) is 2. The van der Waals surface area contributed by atoms with E-state index in [2.05, 4.69) is 26.1 Å². The Kier molecular flexibility index (Phi) is 5.40. The molecule has 0 spiro atoms. The average Bonchev–Trinajstić information content (AvgIpc) is 2.27. The van der Waals surface area contributed by atoms with E-state index in [4.69, 9.17) is 5.11 Å². The molecule has 0 saturated carbocycles. The fourth-order valence-electron chi connectivity index (χ4n) is 2.54. The van der Waals surface area contributed by atoms with Crippen LogP contribution in [0.25, 0.3) is 0 Å². The number of aliphatic hydroxyl groups is 1. The topological polar surface area (TPSA) is 52.6 Å². The molecule has 1 amide bonds. The van der Waals surface area contributed by atoms with Gasteiger partial charge in [-0.15, -0.1) is 0 Å². The molecule has 0 radical (unpaired) electrons. The second kappa shape index (κ2) is 6.36. The van der Waals surface area contributed by atoms with Crippen molar-refractivity contribution in [3.63, 3.8) is 0 Å². The normalized spacial score (nSPS) is 23.4. The molecule has 1 aliphatic heterocycles. The minimum absolute atomic E-state index is 0.0107. The molecule has 0 bridgehead atoms. The van der Waals surface area contributed by atoms with Crippen molar-refractivity contribution in [2.24, 2.45) is 5.41 Å². The first-order valence-corrected chi connectivity index (χ1v) is 6.66. The number of nitrogens with one attached hydrogen (secondary N) is 1. The highest BCUT2D eigenvalue weighted by molar-refractivity contribution is 5.83. The molecule has 1 rings (SSSR count). The maximum atomic E-state index is 12.4. The number of carbonyl (C=O) groups excluding carboxylic acids is 1.